The van der Waals surface area contributed by atoms with Crippen LogP contribution < -0.4 is 5.32 Å². The Morgan fingerprint density at radius 2 is 1.29 bits per heavy atom. The molecule has 330 valence electrons. The number of H-pyrrole nitrogens is 1. The molecule has 0 atom stereocenters. The minimum Gasteiger partial charge on any atom is -0.323 e. The molecule has 0 aliphatic carbocycles. The Morgan fingerprint density at radius 1 is 0.708 bits per heavy atom. The van der Waals surface area contributed by atoms with E-state index in [4.69, 9.17) is 58.0 Å². The number of carbonyl (C=O) groups excluding carboxylic acids is 2. The lowest BCUT2D eigenvalue weighted by Crippen LogP contribution is -2.08. The fraction of sp³-hybridized carbons (Fsp3) is 0.128. The number of aliphatic imine (C=N–C) groups is 2. The highest BCUT2D eigenvalue weighted by Crippen LogP contribution is 2.21. The minimum absolute atomic E-state index is 0.149. The third kappa shape index (κ3) is 13.7. The van der Waals surface area contributed by atoms with Gasteiger partial charge in [0.2, 0.25) is 38.2 Å². The highest BCUT2D eigenvalue weighted by molar-refractivity contribution is 14.1. The number of allylic oxidation sites excluding steroid dienone is 1. The van der Waals surface area contributed by atoms with Crippen LogP contribution in [0, 0.1) is 12.7 Å². The zero-order chi connectivity index (χ0) is 46.6. The van der Waals surface area contributed by atoms with E-state index in [0.717, 1.165) is 48.5 Å². The van der Waals surface area contributed by atoms with Crippen molar-refractivity contribution in [1.82, 2.24) is 69.8 Å². The molecular weight excluding hydrogens is 1060 g/mol. The van der Waals surface area contributed by atoms with E-state index in [1.165, 1.54) is 49.3 Å². The van der Waals surface area contributed by atoms with Crippen LogP contribution in [-0.4, -0.2) is 91.1 Å². The van der Waals surface area contributed by atoms with Gasteiger partial charge >= 0.3 is 0 Å². The average molecular weight is 1090 g/mol. The van der Waals surface area contributed by atoms with E-state index < -0.39 is 0 Å². The molecule has 0 unspecified atom stereocenters. The van der Waals surface area contributed by atoms with Crippen molar-refractivity contribution in [1.29, 1.82) is 0 Å². The zero-order valence-corrected chi connectivity index (χ0v) is 39.5. The van der Waals surface area contributed by atoms with E-state index in [0.29, 0.717) is 35.5 Å². The van der Waals surface area contributed by atoms with E-state index in [1.54, 1.807) is 43.8 Å². The first-order valence-corrected chi connectivity index (χ1v) is 21.3. The van der Waals surface area contributed by atoms with Gasteiger partial charge in [-0.05, 0) is 111 Å². The maximum absolute atomic E-state index is 12.8. The van der Waals surface area contributed by atoms with E-state index in [9.17, 15) is 14.0 Å². The summed E-state index contributed by atoms with van der Waals surface area (Å²) in [7, 11) is 0. The monoisotopic (exact) mass is 1090 g/mol. The van der Waals surface area contributed by atoms with E-state index in [2.05, 4.69) is 103 Å². The van der Waals surface area contributed by atoms with Gasteiger partial charge in [-0.1, -0.05) is 18.2 Å². The molecule has 10 rings (SSSR count). The molecule has 0 spiro atoms. The van der Waals surface area contributed by atoms with Gasteiger partial charge in [0.1, 0.15) is 37.3 Å². The third-order valence-electron chi connectivity index (χ3n) is 8.23. The molecule has 1 aromatic carbocycles. The fourth-order valence-corrected chi connectivity index (χ4v) is 6.64. The summed E-state index contributed by atoms with van der Waals surface area (Å²) >= 11 is 30.1. The summed E-state index contributed by atoms with van der Waals surface area (Å²) in [5, 5.41) is 14.0. The van der Waals surface area contributed by atoms with Crippen molar-refractivity contribution in [2.24, 2.45) is 9.98 Å². The average Bonchev–Trinajstić information content (AvgIpc) is 4.09. The molecular formula is C39H28Cl5FIN17O2. The van der Waals surface area contributed by atoms with Crippen molar-refractivity contribution in [3.63, 3.8) is 0 Å². The predicted molar refractivity (Wildman–Crippen MR) is 253 cm³/mol. The largest absolute Gasteiger partial charge is 0.323 e. The fourth-order valence-electron chi connectivity index (χ4n) is 5.28. The van der Waals surface area contributed by atoms with Crippen LogP contribution in [0.2, 0.25) is 26.4 Å². The van der Waals surface area contributed by atoms with Gasteiger partial charge in [0, 0.05) is 37.4 Å². The SMILES string of the molecule is CC(=O)Nc1cnc(Cl)nc1C.CC(=O)n1ncc2nc(Cl)ncc21.Clc1ncc2[nH]ncc2n1.Clc1ncc2c(n1)C(I)=NC2.Fc1ccc(/C=C/C2=NCc3cnc(Cl)nc32)cc1. The Morgan fingerprint density at radius 3 is 1.97 bits per heavy atom. The molecule has 0 bridgehead atoms. The van der Waals surface area contributed by atoms with Crippen LogP contribution in [0.15, 0.2) is 83.7 Å². The smallest absolute Gasteiger partial charge is 0.244 e. The summed E-state index contributed by atoms with van der Waals surface area (Å²) in [6, 6.07) is 6.25. The maximum Gasteiger partial charge on any atom is 0.244 e. The lowest BCUT2D eigenvalue weighted by Gasteiger charge is -2.03. The molecule has 0 fully saturated rings. The normalized spacial score (nSPS) is 12.0. The number of benzene rings is 1. The van der Waals surface area contributed by atoms with Gasteiger partial charge in [-0.25, -0.2) is 54.2 Å². The van der Waals surface area contributed by atoms with Crippen LogP contribution in [0.5, 0.6) is 0 Å². The molecule has 1 amide bonds. The number of hydrogen-bond donors (Lipinski definition) is 2. The second-order valence-corrected chi connectivity index (χ2v) is 15.5. The number of aryl methyl sites for hydroxylation is 1. The molecule has 65 heavy (non-hydrogen) atoms. The molecule has 8 aromatic rings. The number of fused-ring (bicyclic) bond motifs is 4. The zero-order valence-electron chi connectivity index (χ0n) is 33.6. The number of carbonyl (C=O) groups is 2. The van der Waals surface area contributed by atoms with Crippen LogP contribution in [0.25, 0.3) is 28.1 Å². The number of nitrogens with zero attached hydrogens (tertiary/aromatic N) is 15. The molecule has 0 saturated carbocycles. The lowest BCUT2D eigenvalue weighted by molar-refractivity contribution is -0.114. The summed E-state index contributed by atoms with van der Waals surface area (Å²) in [6.07, 6.45) is 14.7. The van der Waals surface area contributed by atoms with Crippen LogP contribution in [0.4, 0.5) is 10.1 Å². The molecule has 9 heterocycles. The van der Waals surface area contributed by atoms with Gasteiger partial charge in [-0.15, -0.1) is 0 Å². The lowest BCUT2D eigenvalue weighted by atomic mass is 10.1. The van der Waals surface area contributed by atoms with Gasteiger partial charge in [0.15, 0.2) is 0 Å². The molecule has 2 aliphatic rings. The molecule has 0 saturated heterocycles. The van der Waals surface area contributed by atoms with E-state index in [1.807, 2.05) is 12.2 Å². The number of anilines is 1. The number of nitrogens with one attached hydrogen (secondary N) is 2. The first kappa shape index (κ1) is 48.3. The third-order valence-corrected chi connectivity index (χ3v) is 9.99. The highest BCUT2D eigenvalue weighted by Gasteiger charge is 2.17. The van der Waals surface area contributed by atoms with Crippen LogP contribution in [0.1, 0.15) is 52.4 Å². The Balaban J connectivity index is 0.000000137. The molecule has 26 heteroatoms. The Hall–Kier alpha value is -6.11. The first-order chi connectivity index (χ1) is 31.1. The van der Waals surface area contributed by atoms with Crippen molar-refractivity contribution in [3.8, 4) is 0 Å². The molecule has 7 aromatic heterocycles. The van der Waals surface area contributed by atoms with E-state index in [-0.39, 0.29) is 44.0 Å². The Labute approximate surface area is 405 Å². The molecule has 0 radical (unpaired) electrons. The summed E-state index contributed by atoms with van der Waals surface area (Å²) in [4.78, 5) is 69.2. The second kappa shape index (κ2) is 22.7. The van der Waals surface area contributed by atoms with Crippen molar-refractivity contribution >= 4 is 136 Å². The van der Waals surface area contributed by atoms with Crippen molar-refractivity contribution in [2.75, 3.05) is 5.32 Å². The maximum atomic E-state index is 12.8. The van der Waals surface area contributed by atoms with Gasteiger partial charge in [-0.3, -0.25) is 24.7 Å². The summed E-state index contributed by atoms with van der Waals surface area (Å²) in [5.41, 5.74) is 9.24. The number of rotatable bonds is 3. The number of hydrogen-bond acceptors (Lipinski definition) is 16. The standard InChI is InChI=1S/C14H9ClFN3.C7H5ClN4O.C7H8ClN3O.C6H3ClIN3.C5H3ClN4/c15-14-18-8-10-7-17-12(13(10)19-14)6-3-9-1-4-11(16)5-2-9;1-4(13)12-6-3-9-7(8)11-5(6)2-10-12;1-4-6(11-5(2)12)3-9-7(8)10-4;7-6-10-2-3-1-9-5(8)4(3)11-6;6-5-7-1-4-3(9-5)2-8-10-4/h1-6,8H,7H2;2-3H,1H3;3H,1-2H3,(H,11,12);2H,1H2;1-2H,(H,8,10)/b6-3+;;;;. The van der Waals surface area contributed by atoms with Gasteiger partial charge in [0.25, 0.3) is 0 Å². The van der Waals surface area contributed by atoms with Gasteiger partial charge in [0.05, 0.1) is 66.9 Å². The minimum atomic E-state index is -0.250. The Kier molecular flexibility index (Phi) is 16.9. The second-order valence-electron chi connectivity index (χ2n) is 12.8. The van der Waals surface area contributed by atoms with Crippen molar-refractivity contribution < 1.29 is 14.0 Å². The van der Waals surface area contributed by atoms with Gasteiger partial charge in [-0.2, -0.15) is 14.9 Å². The predicted octanol–water partition coefficient (Wildman–Crippen LogP) is 8.65. The summed E-state index contributed by atoms with van der Waals surface area (Å²) in [5.74, 6) is -0.579. The molecule has 19 nitrogen and oxygen atoms in total. The highest BCUT2D eigenvalue weighted by atomic mass is 127. The van der Waals surface area contributed by atoms with Crippen molar-refractivity contribution in [2.45, 2.75) is 33.9 Å². The summed E-state index contributed by atoms with van der Waals surface area (Å²) in [6.45, 7) is 5.84. The quantitative estimate of drug-likeness (QED) is 0.124. The van der Waals surface area contributed by atoms with Crippen LogP contribution >= 0.6 is 80.6 Å². The van der Waals surface area contributed by atoms with Crippen molar-refractivity contribution in [3.05, 3.63) is 140 Å². The number of aromatic nitrogens is 14. The van der Waals surface area contributed by atoms with Crippen LogP contribution in [0.3, 0.4) is 0 Å². The number of amides is 1. The Bertz CT molecular complexity index is 3110. The first-order valence-electron chi connectivity index (χ1n) is 18.3. The molecule has 2 aliphatic heterocycles. The number of halogens is 7. The van der Waals surface area contributed by atoms with E-state index >= 15 is 0 Å². The van der Waals surface area contributed by atoms with Gasteiger partial charge < -0.3 is 5.32 Å². The topological polar surface area (TPSA) is 246 Å². The van der Waals surface area contributed by atoms with Crippen LogP contribution in [-0.2, 0) is 17.9 Å². The molecule has 2 N–H and O–H groups in total. The number of aromatic amines is 1. The summed E-state index contributed by atoms with van der Waals surface area (Å²) < 4.78 is 14.9.